The van der Waals surface area contributed by atoms with E-state index in [2.05, 4.69) is 10.4 Å². The molecule has 4 nitrogen and oxygen atoms in total. The number of rotatable bonds is 1. The van der Waals surface area contributed by atoms with Crippen LogP contribution in [0.4, 0.5) is 4.39 Å². The van der Waals surface area contributed by atoms with Crippen LogP contribution < -0.4 is 5.43 Å². The summed E-state index contributed by atoms with van der Waals surface area (Å²) in [5, 5.41) is 1.50. The van der Waals surface area contributed by atoms with Gasteiger partial charge in [0.2, 0.25) is 0 Å². The van der Waals surface area contributed by atoms with E-state index in [-0.39, 0.29) is 11.6 Å². The summed E-state index contributed by atoms with van der Waals surface area (Å²) in [6.07, 6.45) is 1.98. The molecule has 1 N–H and O–H groups in total. The molecule has 0 atom stereocenters. The summed E-state index contributed by atoms with van der Waals surface area (Å²) >= 11 is 0. The molecule has 0 spiro atoms. The van der Waals surface area contributed by atoms with E-state index < -0.39 is 5.82 Å². The number of pyridine rings is 1. The lowest BCUT2D eigenvalue weighted by Gasteiger charge is -2.14. The van der Waals surface area contributed by atoms with E-state index in [9.17, 15) is 9.18 Å². The summed E-state index contributed by atoms with van der Waals surface area (Å²) < 4.78 is 12.5. The van der Waals surface area contributed by atoms with Gasteiger partial charge in [-0.2, -0.15) is 0 Å². The Hall–Kier alpha value is -1.49. The van der Waals surface area contributed by atoms with Crippen LogP contribution in [0.25, 0.3) is 0 Å². The second-order valence-electron chi connectivity index (χ2n) is 3.08. The summed E-state index contributed by atoms with van der Waals surface area (Å²) in [4.78, 5) is 15.4. The number of hydrazine groups is 1. The van der Waals surface area contributed by atoms with Crippen molar-refractivity contribution in [2.45, 2.75) is 6.42 Å². The van der Waals surface area contributed by atoms with Gasteiger partial charge in [-0.1, -0.05) is 0 Å². The third-order valence-corrected chi connectivity index (χ3v) is 2.05. The van der Waals surface area contributed by atoms with Gasteiger partial charge in [-0.3, -0.25) is 9.80 Å². The molecular formula is C9H10FN3O. The van der Waals surface area contributed by atoms with E-state index in [0.717, 1.165) is 19.2 Å². The second-order valence-corrected chi connectivity index (χ2v) is 3.08. The predicted molar refractivity (Wildman–Crippen MR) is 47.9 cm³/mol. The molecule has 14 heavy (non-hydrogen) atoms. The zero-order chi connectivity index (χ0) is 9.97. The van der Waals surface area contributed by atoms with Crippen LogP contribution in [-0.2, 0) is 0 Å². The molecule has 0 aromatic carbocycles. The number of aromatic nitrogens is 1. The first-order valence-corrected chi connectivity index (χ1v) is 4.44. The monoisotopic (exact) mass is 195 g/mol. The molecule has 0 bridgehead atoms. The van der Waals surface area contributed by atoms with Crippen LogP contribution in [-0.4, -0.2) is 29.0 Å². The van der Waals surface area contributed by atoms with Gasteiger partial charge in [0.05, 0.1) is 6.20 Å². The van der Waals surface area contributed by atoms with Crippen molar-refractivity contribution < 1.29 is 9.18 Å². The van der Waals surface area contributed by atoms with Crippen molar-refractivity contribution >= 4 is 5.91 Å². The van der Waals surface area contributed by atoms with Gasteiger partial charge >= 0.3 is 0 Å². The molecule has 0 aliphatic carbocycles. The molecule has 74 valence electrons. The minimum atomic E-state index is -0.434. The first kappa shape index (κ1) is 9.08. The van der Waals surface area contributed by atoms with Crippen LogP contribution >= 0.6 is 0 Å². The number of hydrogen-bond donors (Lipinski definition) is 1. The Kier molecular flexibility index (Phi) is 2.41. The molecule has 1 amide bonds. The number of carbonyl (C=O) groups is 1. The van der Waals surface area contributed by atoms with Gasteiger partial charge in [0.1, 0.15) is 11.5 Å². The van der Waals surface area contributed by atoms with Crippen LogP contribution in [0.1, 0.15) is 16.9 Å². The maximum absolute atomic E-state index is 12.5. The first-order chi connectivity index (χ1) is 6.77. The van der Waals surface area contributed by atoms with Gasteiger partial charge in [0.15, 0.2) is 0 Å². The standard InChI is InChI=1S/C9H10FN3O/c10-7-2-3-8(11-6-7)9(14)13-5-1-4-12-13/h2-3,6,12H,1,4-5H2. The molecule has 5 heteroatoms. The number of hydrogen-bond acceptors (Lipinski definition) is 3. The van der Waals surface area contributed by atoms with Crippen LogP contribution in [0, 0.1) is 5.82 Å². The largest absolute Gasteiger partial charge is 0.286 e. The maximum Gasteiger partial charge on any atom is 0.286 e. The molecular weight excluding hydrogens is 185 g/mol. The number of amides is 1. The lowest BCUT2D eigenvalue weighted by atomic mass is 10.3. The molecule has 1 aromatic heterocycles. The molecule has 0 unspecified atom stereocenters. The second kappa shape index (κ2) is 3.71. The van der Waals surface area contributed by atoms with E-state index in [1.165, 1.54) is 17.1 Å². The van der Waals surface area contributed by atoms with Crippen molar-refractivity contribution in [3.05, 3.63) is 29.8 Å². The molecule has 2 rings (SSSR count). The highest BCUT2D eigenvalue weighted by Gasteiger charge is 2.19. The number of carbonyl (C=O) groups excluding carboxylic acids is 1. The molecule has 1 fully saturated rings. The van der Waals surface area contributed by atoms with Gasteiger partial charge in [0.25, 0.3) is 5.91 Å². The van der Waals surface area contributed by atoms with Gasteiger partial charge in [-0.15, -0.1) is 0 Å². The summed E-state index contributed by atoms with van der Waals surface area (Å²) in [5.74, 6) is -0.640. The van der Waals surface area contributed by atoms with Crippen LogP contribution in [0.3, 0.4) is 0 Å². The van der Waals surface area contributed by atoms with Crippen molar-refractivity contribution in [3.8, 4) is 0 Å². The molecule has 0 radical (unpaired) electrons. The third kappa shape index (κ3) is 1.72. The number of nitrogens with zero attached hydrogens (tertiary/aromatic N) is 2. The normalized spacial score (nSPS) is 15.9. The van der Waals surface area contributed by atoms with Crippen molar-refractivity contribution in [2.75, 3.05) is 13.1 Å². The summed E-state index contributed by atoms with van der Waals surface area (Å²) in [6, 6.07) is 2.62. The SMILES string of the molecule is O=C(c1ccc(F)cn1)N1CCCN1. The maximum atomic E-state index is 12.5. The van der Waals surface area contributed by atoms with E-state index in [0.29, 0.717) is 6.54 Å². The lowest BCUT2D eigenvalue weighted by molar-refractivity contribution is 0.0720. The molecule has 1 aliphatic rings. The molecule has 1 aromatic rings. The Balaban J connectivity index is 2.14. The summed E-state index contributed by atoms with van der Waals surface area (Å²) in [6.45, 7) is 1.48. The van der Waals surface area contributed by atoms with Crippen molar-refractivity contribution in [1.29, 1.82) is 0 Å². The Bertz CT molecular complexity index is 332. The predicted octanol–water partition coefficient (Wildman–Crippen LogP) is 0.571. The average molecular weight is 195 g/mol. The van der Waals surface area contributed by atoms with Gasteiger partial charge in [-0.05, 0) is 18.6 Å². The Morgan fingerprint density at radius 3 is 3.00 bits per heavy atom. The fraction of sp³-hybridized carbons (Fsp3) is 0.333. The fourth-order valence-electron chi connectivity index (χ4n) is 1.34. The highest BCUT2D eigenvalue weighted by atomic mass is 19.1. The Morgan fingerprint density at radius 2 is 2.43 bits per heavy atom. The van der Waals surface area contributed by atoms with Crippen LogP contribution in [0.15, 0.2) is 18.3 Å². The van der Waals surface area contributed by atoms with Gasteiger partial charge in [0, 0.05) is 13.1 Å². The third-order valence-electron chi connectivity index (χ3n) is 2.05. The smallest absolute Gasteiger partial charge is 0.273 e. The van der Waals surface area contributed by atoms with E-state index in [1.807, 2.05) is 0 Å². The molecule has 1 saturated heterocycles. The summed E-state index contributed by atoms with van der Waals surface area (Å²) in [7, 11) is 0. The van der Waals surface area contributed by atoms with Crippen molar-refractivity contribution in [2.24, 2.45) is 0 Å². The number of nitrogens with one attached hydrogen (secondary N) is 1. The van der Waals surface area contributed by atoms with Crippen LogP contribution in [0.5, 0.6) is 0 Å². The van der Waals surface area contributed by atoms with Crippen LogP contribution in [0.2, 0.25) is 0 Å². The highest BCUT2D eigenvalue weighted by molar-refractivity contribution is 5.92. The zero-order valence-corrected chi connectivity index (χ0v) is 7.53. The molecule has 1 aliphatic heterocycles. The minimum absolute atomic E-state index is 0.206. The Morgan fingerprint density at radius 1 is 1.57 bits per heavy atom. The van der Waals surface area contributed by atoms with E-state index in [1.54, 1.807) is 0 Å². The van der Waals surface area contributed by atoms with E-state index in [4.69, 9.17) is 0 Å². The van der Waals surface area contributed by atoms with Gasteiger partial charge < -0.3 is 0 Å². The minimum Gasteiger partial charge on any atom is -0.273 e. The Labute approximate surface area is 80.7 Å². The van der Waals surface area contributed by atoms with Crippen molar-refractivity contribution in [3.63, 3.8) is 0 Å². The molecule has 2 heterocycles. The first-order valence-electron chi connectivity index (χ1n) is 4.44. The summed E-state index contributed by atoms with van der Waals surface area (Å²) in [5.41, 5.74) is 3.18. The zero-order valence-electron chi connectivity index (χ0n) is 7.53. The highest BCUT2D eigenvalue weighted by Crippen LogP contribution is 2.05. The average Bonchev–Trinajstić information content (AvgIpc) is 2.71. The van der Waals surface area contributed by atoms with Gasteiger partial charge in [-0.25, -0.2) is 14.8 Å². The fourth-order valence-corrected chi connectivity index (χ4v) is 1.34. The quantitative estimate of drug-likeness (QED) is 0.712. The lowest BCUT2D eigenvalue weighted by Crippen LogP contribution is -2.37. The topological polar surface area (TPSA) is 45.2 Å². The molecule has 0 saturated carbocycles. The van der Waals surface area contributed by atoms with Crippen molar-refractivity contribution in [1.82, 2.24) is 15.4 Å². The number of halogens is 1. The van der Waals surface area contributed by atoms with E-state index >= 15 is 0 Å².